The summed E-state index contributed by atoms with van der Waals surface area (Å²) in [6, 6.07) is 6.52. The second-order valence-corrected chi connectivity index (χ2v) is 6.96. The van der Waals surface area contributed by atoms with Crippen LogP contribution in [0.3, 0.4) is 0 Å². The zero-order valence-electron chi connectivity index (χ0n) is 10.8. The van der Waals surface area contributed by atoms with Gasteiger partial charge in [-0.05, 0) is 25.0 Å². The normalized spacial score (nSPS) is 11.6. The molecule has 3 N–H and O–H groups in total. The fraction of sp³-hybridized carbons (Fsp3) is 0.250. The second-order valence-electron chi connectivity index (χ2n) is 4.21. The Hall–Kier alpha value is -1.51. The highest BCUT2D eigenvalue weighted by Crippen LogP contribution is 2.25. The maximum atomic E-state index is 13.4. The van der Waals surface area contributed by atoms with Gasteiger partial charge in [0.2, 0.25) is 10.0 Å². The highest BCUT2D eigenvalue weighted by atomic mass is 32.2. The third kappa shape index (κ3) is 3.53. The fourth-order valence-corrected chi connectivity index (χ4v) is 3.61. The number of hydrogen-bond donors (Lipinski definition) is 2. The number of nitrogens with one attached hydrogen (secondary N) is 1. The molecule has 0 saturated heterocycles. The van der Waals surface area contributed by atoms with Crippen molar-refractivity contribution in [1.82, 2.24) is 4.98 Å². The molecule has 0 bridgehead atoms. The van der Waals surface area contributed by atoms with Gasteiger partial charge >= 0.3 is 0 Å². The Balaban J connectivity index is 2.01. The molecule has 0 aliphatic heterocycles. The molecule has 1 aromatic carbocycles. The molecule has 1 aromatic heterocycles. The molecule has 0 amide bonds. The predicted octanol–water partition coefficient (Wildman–Crippen LogP) is 1.89. The van der Waals surface area contributed by atoms with Gasteiger partial charge in [0.15, 0.2) is 9.34 Å². The van der Waals surface area contributed by atoms with Gasteiger partial charge in [0.05, 0.1) is 5.69 Å². The number of rotatable bonds is 5. The Morgan fingerprint density at radius 2 is 2.10 bits per heavy atom. The summed E-state index contributed by atoms with van der Waals surface area (Å²) in [7, 11) is -3.74. The maximum Gasteiger partial charge on any atom is 0.249 e. The minimum atomic E-state index is -3.74. The molecule has 5 nitrogen and oxygen atoms in total. The Morgan fingerprint density at radius 3 is 2.70 bits per heavy atom. The van der Waals surface area contributed by atoms with Crippen LogP contribution in [0.5, 0.6) is 0 Å². The topological polar surface area (TPSA) is 85.1 Å². The van der Waals surface area contributed by atoms with Crippen LogP contribution in [0.15, 0.2) is 28.5 Å². The molecule has 0 aliphatic carbocycles. The van der Waals surface area contributed by atoms with Crippen molar-refractivity contribution in [3.05, 3.63) is 41.3 Å². The van der Waals surface area contributed by atoms with Gasteiger partial charge in [-0.25, -0.2) is 22.9 Å². The van der Waals surface area contributed by atoms with E-state index in [2.05, 4.69) is 10.3 Å². The van der Waals surface area contributed by atoms with Crippen molar-refractivity contribution in [2.24, 2.45) is 5.14 Å². The number of sulfonamides is 1. The third-order valence-corrected chi connectivity index (χ3v) is 5.31. The first-order valence-electron chi connectivity index (χ1n) is 5.85. The monoisotopic (exact) mass is 315 g/mol. The zero-order chi connectivity index (χ0) is 14.8. The quantitative estimate of drug-likeness (QED) is 0.882. The first-order valence-corrected chi connectivity index (χ1v) is 8.21. The van der Waals surface area contributed by atoms with E-state index >= 15 is 0 Å². The van der Waals surface area contributed by atoms with Crippen molar-refractivity contribution in [1.29, 1.82) is 0 Å². The Kier molecular flexibility index (Phi) is 4.36. The minimum absolute atomic E-state index is 0.0471. The SMILES string of the molecule is Cc1nc(NCCc2ccccc2F)sc1S(N)(=O)=O. The van der Waals surface area contributed by atoms with E-state index in [0.29, 0.717) is 29.4 Å². The molecule has 2 aromatic rings. The van der Waals surface area contributed by atoms with Gasteiger partial charge in [0.1, 0.15) is 5.82 Å². The highest BCUT2D eigenvalue weighted by molar-refractivity contribution is 7.91. The molecule has 8 heteroatoms. The van der Waals surface area contributed by atoms with E-state index in [9.17, 15) is 12.8 Å². The molecule has 0 spiro atoms. The standard InChI is InChI=1S/C12H14FN3O2S2/c1-8-11(20(14,17)18)19-12(16-8)15-7-6-9-4-2-3-5-10(9)13/h2-5H,6-7H2,1H3,(H,15,16)(H2,14,17,18). The van der Waals surface area contributed by atoms with E-state index in [4.69, 9.17) is 5.14 Å². The number of primary sulfonamides is 1. The van der Waals surface area contributed by atoms with Crippen molar-refractivity contribution in [2.45, 2.75) is 17.6 Å². The van der Waals surface area contributed by atoms with E-state index in [1.165, 1.54) is 6.07 Å². The molecule has 0 saturated carbocycles. The van der Waals surface area contributed by atoms with Crippen LogP contribution in [0.2, 0.25) is 0 Å². The molecular formula is C12H14FN3O2S2. The summed E-state index contributed by atoms with van der Waals surface area (Å²) in [6.07, 6.45) is 0.482. The number of anilines is 1. The van der Waals surface area contributed by atoms with Crippen molar-refractivity contribution < 1.29 is 12.8 Å². The number of nitrogens with zero attached hydrogens (tertiary/aromatic N) is 1. The molecule has 0 aliphatic rings. The summed E-state index contributed by atoms with van der Waals surface area (Å²) >= 11 is 0.977. The second kappa shape index (κ2) is 5.86. The fourth-order valence-electron chi connectivity index (χ4n) is 1.73. The van der Waals surface area contributed by atoms with Gasteiger partial charge in [-0.1, -0.05) is 29.5 Å². The summed E-state index contributed by atoms with van der Waals surface area (Å²) < 4.78 is 36.0. The smallest absolute Gasteiger partial charge is 0.249 e. The van der Waals surface area contributed by atoms with E-state index in [0.717, 1.165) is 11.3 Å². The van der Waals surface area contributed by atoms with E-state index in [1.807, 2.05) is 0 Å². The average molecular weight is 315 g/mol. The Morgan fingerprint density at radius 1 is 1.40 bits per heavy atom. The molecular weight excluding hydrogens is 301 g/mol. The number of halogens is 1. The molecule has 2 rings (SSSR count). The lowest BCUT2D eigenvalue weighted by Crippen LogP contribution is -2.11. The van der Waals surface area contributed by atoms with Gasteiger partial charge < -0.3 is 5.32 Å². The minimum Gasteiger partial charge on any atom is -0.361 e. The molecule has 1 heterocycles. The van der Waals surface area contributed by atoms with Crippen molar-refractivity contribution in [3.63, 3.8) is 0 Å². The number of thiazole rings is 1. The summed E-state index contributed by atoms with van der Waals surface area (Å²) in [5.74, 6) is -0.255. The lowest BCUT2D eigenvalue weighted by Gasteiger charge is -2.03. The Labute approximate surface area is 120 Å². The van der Waals surface area contributed by atoms with Crippen LogP contribution in [-0.4, -0.2) is 19.9 Å². The maximum absolute atomic E-state index is 13.4. The largest absolute Gasteiger partial charge is 0.361 e. The van der Waals surface area contributed by atoms with Crippen molar-refractivity contribution in [2.75, 3.05) is 11.9 Å². The number of benzene rings is 1. The van der Waals surface area contributed by atoms with Crippen LogP contribution in [0.1, 0.15) is 11.3 Å². The molecule has 0 unspecified atom stereocenters. The lowest BCUT2D eigenvalue weighted by molar-refractivity contribution is 0.599. The average Bonchev–Trinajstić information content (AvgIpc) is 2.73. The van der Waals surface area contributed by atoms with Gasteiger partial charge in [-0.15, -0.1) is 0 Å². The van der Waals surface area contributed by atoms with Crippen LogP contribution in [-0.2, 0) is 16.4 Å². The van der Waals surface area contributed by atoms with Crippen LogP contribution < -0.4 is 10.5 Å². The third-order valence-electron chi connectivity index (χ3n) is 2.64. The van der Waals surface area contributed by atoms with E-state index < -0.39 is 10.0 Å². The van der Waals surface area contributed by atoms with Crippen LogP contribution in [0, 0.1) is 12.7 Å². The summed E-state index contributed by atoms with van der Waals surface area (Å²) in [6.45, 7) is 2.04. The van der Waals surface area contributed by atoms with Gasteiger partial charge in [0.25, 0.3) is 0 Å². The highest BCUT2D eigenvalue weighted by Gasteiger charge is 2.17. The van der Waals surface area contributed by atoms with Crippen LogP contribution in [0.4, 0.5) is 9.52 Å². The number of nitrogens with two attached hydrogens (primary N) is 1. The van der Waals surface area contributed by atoms with Crippen LogP contribution in [0.25, 0.3) is 0 Å². The first-order chi connectivity index (χ1) is 9.38. The van der Waals surface area contributed by atoms with Crippen molar-refractivity contribution in [3.8, 4) is 0 Å². The first kappa shape index (κ1) is 14.9. The van der Waals surface area contributed by atoms with Gasteiger partial charge in [-0.3, -0.25) is 0 Å². The van der Waals surface area contributed by atoms with E-state index in [1.54, 1.807) is 25.1 Å². The van der Waals surface area contributed by atoms with Gasteiger partial charge in [-0.2, -0.15) is 0 Å². The number of aromatic nitrogens is 1. The summed E-state index contributed by atoms with van der Waals surface area (Å²) in [4.78, 5) is 4.09. The van der Waals surface area contributed by atoms with E-state index in [-0.39, 0.29) is 10.0 Å². The molecule has 20 heavy (non-hydrogen) atoms. The number of hydrogen-bond acceptors (Lipinski definition) is 5. The molecule has 0 atom stereocenters. The summed E-state index contributed by atoms with van der Waals surface area (Å²) in [5.41, 5.74) is 0.964. The predicted molar refractivity (Wildman–Crippen MR) is 76.8 cm³/mol. The number of aryl methyl sites for hydroxylation is 1. The molecule has 0 fully saturated rings. The summed E-state index contributed by atoms with van der Waals surface area (Å²) in [5, 5.41) is 8.51. The molecule has 108 valence electrons. The zero-order valence-corrected chi connectivity index (χ0v) is 12.4. The molecule has 0 radical (unpaired) electrons. The van der Waals surface area contributed by atoms with Gasteiger partial charge in [0, 0.05) is 6.54 Å². The van der Waals surface area contributed by atoms with Crippen LogP contribution >= 0.6 is 11.3 Å². The van der Waals surface area contributed by atoms with Crippen molar-refractivity contribution >= 4 is 26.5 Å². The lowest BCUT2D eigenvalue weighted by atomic mass is 10.1. The Bertz CT molecular complexity index is 713.